The van der Waals surface area contributed by atoms with E-state index in [1.54, 1.807) is 9.91 Å². The van der Waals surface area contributed by atoms with Gasteiger partial charge in [0.25, 0.3) is 0 Å². The van der Waals surface area contributed by atoms with Crippen molar-refractivity contribution in [3.63, 3.8) is 0 Å². The number of halogens is 1. The Hall–Kier alpha value is -1.62. The molecule has 0 spiro atoms. The molecule has 0 aromatic rings. The summed E-state index contributed by atoms with van der Waals surface area (Å²) in [6, 6.07) is -0.174. The summed E-state index contributed by atoms with van der Waals surface area (Å²) in [5.74, 6) is 0.0962. The summed E-state index contributed by atoms with van der Waals surface area (Å²) in [6.45, 7) is 1.88. The Morgan fingerprint density at radius 2 is 2.21 bits per heavy atom. The Balaban J connectivity index is 1.43. The predicted octanol–water partition coefficient (Wildman–Crippen LogP) is -1.58. The lowest BCUT2D eigenvalue weighted by molar-refractivity contribution is -0.134. The third kappa shape index (κ3) is 3.78. The Kier molecular flexibility index (Phi) is 5.64. The van der Waals surface area contributed by atoms with Crippen LogP contribution in [0.5, 0.6) is 0 Å². The zero-order valence-corrected chi connectivity index (χ0v) is 16.2. The molecule has 0 saturated carbocycles. The maximum absolute atomic E-state index is 13.6. The first-order chi connectivity index (χ1) is 13.4. The minimum absolute atomic E-state index is 0.152. The van der Waals surface area contributed by atoms with Gasteiger partial charge in [-0.25, -0.2) is 14.8 Å². The number of aliphatic imine (C=N–C) groups is 1. The molecule has 10 heteroatoms. The highest BCUT2D eigenvalue weighted by Crippen LogP contribution is 2.31. The number of carbonyl (C=O) groups is 2. The minimum Gasteiger partial charge on any atom is -0.348 e. The summed E-state index contributed by atoms with van der Waals surface area (Å²) in [5, 5.41) is 7.91. The maximum Gasteiger partial charge on any atom is 0.229 e. The minimum atomic E-state index is -0.987. The molecule has 5 N–H and O–H groups in total. The van der Waals surface area contributed by atoms with E-state index in [4.69, 9.17) is 5.73 Å². The van der Waals surface area contributed by atoms with Crippen molar-refractivity contribution < 1.29 is 14.0 Å². The fourth-order valence-electron chi connectivity index (χ4n) is 5.01. The standard InChI is InChI=1S/C18H30FN7O2/c1-25-8-10(2-3-14(25)27)12-4-5-21-7-13(12)23-18(28)15-16(20)24-26-9-11(19)6-22-17(15)26/h7,10-13,15-17,22,24H,2-6,8-9,20H2,1H3,(H,23,28). The van der Waals surface area contributed by atoms with E-state index < -0.39 is 18.3 Å². The van der Waals surface area contributed by atoms with Crippen LogP contribution in [-0.2, 0) is 9.59 Å². The second-order valence-corrected chi connectivity index (χ2v) is 8.40. The molecule has 0 aromatic carbocycles. The molecule has 3 saturated heterocycles. The number of carbonyl (C=O) groups excluding carboxylic acids is 2. The van der Waals surface area contributed by atoms with Crippen LogP contribution >= 0.6 is 0 Å². The van der Waals surface area contributed by atoms with E-state index in [-0.39, 0.29) is 43.0 Å². The number of nitrogens with zero attached hydrogens (tertiary/aromatic N) is 3. The van der Waals surface area contributed by atoms with Crippen LogP contribution in [-0.4, -0.2) is 85.7 Å². The van der Waals surface area contributed by atoms with Crippen molar-refractivity contribution in [1.82, 2.24) is 26.0 Å². The lowest BCUT2D eigenvalue weighted by Gasteiger charge is -2.39. The molecule has 0 aliphatic carbocycles. The highest BCUT2D eigenvalue weighted by atomic mass is 19.1. The molecule has 0 aromatic heterocycles. The third-order valence-electron chi connectivity index (χ3n) is 6.52. The summed E-state index contributed by atoms with van der Waals surface area (Å²) in [5.41, 5.74) is 9.16. The smallest absolute Gasteiger partial charge is 0.229 e. The van der Waals surface area contributed by atoms with Gasteiger partial charge in [-0.15, -0.1) is 0 Å². The topological polar surface area (TPSA) is 115 Å². The van der Waals surface area contributed by atoms with Crippen LogP contribution in [0, 0.1) is 17.8 Å². The van der Waals surface area contributed by atoms with Crippen LogP contribution in [0.25, 0.3) is 0 Å². The predicted molar refractivity (Wildman–Crippen MR) is 102 cm³/mol. The van der Waals surface area contributed by atoms with Crippen LogP contribution in [0.15, 0.2) is 4.99 Å². The van der Waals surface area contributed by atoms with Crippen molar-refractivity contribution in [2.45, 2.75) is 43.8 Å². The molecule has 4 aliphatic rings. The molecule has 3 fully saturated rings. The first-order valence-corrected chi connectivity index (χ1v) is 10.1. The summed E-state index contributed by atoms with van der Waals surface area (Å²) >= 11 is 0. The second-order valence-electron chi connectivity index (χ2n) is 8.40. The quantitative estimate of drug-likeness (QED) is 0.459. The number of amides is 2. The van der Waals surface area contributed by atoms with E-state index in [0.717, 1.165) is 19.4 Å². The lowest BCUT2D eigenvalue weighted by atomic mass is 9.78. The molecule has 7 unspecified atom stereocenters. The normalized spacial score (nSPS) is 41.8. The number of fused-ring (bicyclic) bond motifs is 1. The van der Waals surface area contributed by atoms with Crippen molar-refractivity contribution in [3.8, 4) is 0 Å². The zero-order chi connectivity index (χ0) is 19.8. The van der Waals surface area contributed by atoms with Gasteiger partial charge in [0, 0.05) is 45.9 Å². The fourth-order valence-corrected chi connectivity index (χ4v) is 5.01. The van der Waals surface area contributed by atoms with Crippen LogP contribution in [0.2, 0.25) is 0 Å². The van der Waals surface area contributed by atoms with E-state index in [0.29, 0.717) is 18.9 Å². The van der Waals surface area contributed by atoms with Crippen LogP contribution in [0.3, 0.4) is 0 Å². The largest absolute Gasteiger partial charge is 0.348 e. The molecule has 2 amide bonds. The second kappa shape index (κ2) is 8.02. The average Bonchev–Trinajstić information content (AvgIpc) is 2.99. The molecule has 4 aliphatic heterocycles. The van der Waals surface area contributed by atoms with Gasteiger partial charge in [-0.05, 0) is 24.7 Å². The maximum atomic E-state index is 13.6. The van der Waals surface area contributed by atoms with Crippen LogP contribution < -0.4 is 21.8 Å². The SMILES string of the molecule is CN1CC(C2CCN=CC2NC(=O)C2C(N)NN3CC(F)CNC23)CCC1=O. The fraction of sp³-hybridized carbons (Fsp3) is 0.833. The lowest BCUT2D eigenvalue weighted by Crippen LogP contribution is -2.60. The first-order valence-electron chi connectivity index (χ1n) is 10.1. The molecule has 4 rings (SSSR count). The van der Waals surface area contributed by atoms with E-state index in [1.807, 2.05) is 13.3 Å². The number of nitrogens with one attached hydrogen (secondary N) is 3. The van der Waals surface area contributed by atoms with Gasteiger partial charge in [0.2, 0.25) is 11.8 Å². The molecular weight excluding hydrogens is 365 g/mol. The molecular formula is C18H30FN7O2. The zero-order valence-electron chi connectivity index (χ0n) is 16.2. The molecule has 9 nitrogen and oxygen atoms in total. The van der Waals surface area contributed by atoms with Gasteiger partial charge in [0.1, 0.15) is 6.17 Å². The summed E-state index contributed by atoms with van der Waals surface area (Å²) in [7, 11) is 1.84. The number of likely N-dealkylation sites (tertiary alicyclic amines) is 1. The monoisotopic (exact) mass is 395 g/mol. The number of hydrazine groups is 1. The molecule has 156 valence electrons. The highest BCUT2D eigenvalue weighted by Gasteiger charge is 2.47. The van der Waals surface area contributed by atoms with Gasteiger partial charge < -0.3 is 16.0 Å². The number of rotatable bonds is 3. The Morgan fingerprint density at radius 1 is 1.39 bits per heavy atom. The summed E-state index contributed by atoms with van der Waals surface area (Å²) in [4.78, 5) is 31.1. The number of piperidine rings is 1. The first kappa shape index (κ1) is 19.7. The number of hydrogen-bond donors (Lipinski definition) is 4. The number of hydrogen-bond acceptors (Lipinski definition) is 7. The Labute approximate surface area is 164 Å². The van der Waals surface area contributed by atoms with E-state index in [9.17, 15) is 14.0 Å². The molecule has 0 bridgehead atoms. The Bertz CT molecular complexity index is 647. The molecule has 0 radical (unpaired) electrons. The van der Waals surface area contributed by atoms with Gasteiger partial charge >= 0.3 is 0 Å². The highest BCUT2D eigenvalue weighted by molar-refractivity contribution is 5.84. The van der Waals surface area contributed by atoms with Crippen molar-refractivity contribution in [1.29, 1.82) is 0 Å². The van der Waals surface area contributed by atoms with Crippen LogP contribution in [0.4, 0.5) is 4.39 Å². The van der Waals surface area contributed by atoms with Crippen LogP contribution in [0.1, 0.15) is 19.3 Å². The van der Waals surface area contributed by atoms with Gasteiger partial charge in [-0.1, -0.05) is 0 Å². The van der Waals surface area contributed by atoms with Crippen molar-refractivity contribution in [2.75, 3.05) is 33.2 Å². The van der Waals surface area contributed by atoms with Crippen molar-refractivity contribution >= 4 is 18.0 Å². The van der Waals surface area contributed by atoms with Crippen molar-refractivity contribution in [3.05, 3.63) is 0 Å². The number of alkyl halides is 1. The van der Waals surface area contributed by atoms with E-state index in [1.165, 1.54) is 0 Å². The molecule has 28 heavy (non-hydrogen) atoms. The summed E-state index contributed by atoms with van der Waals surface area (Å²) in [6.07, 6.45) is 2.24. The van der Waals surface area contributed by atoms with Gasteiger partial charge in [-0.3, -0.25) is 19.9 Å². The molecule has 7 atom stereocenters. The van der Waals surface area contributed by atoms with E-state index >= 15 is 0 Å². The van der Waals surface area contributed by atoms with Crippen molar-refractivity contribution in [2.24, 2.45) is 28.5 Å². The summed E-state index contributed by atoms with van der Waals surface area (Å²) < 4.78 is 13.6. The number of nitrogens with two attached hydrogens (primary N) is 1. The van der Waals surface area contributed by atoms with Gasteiger partial charge in [-0.2, -0.15) is 0 Å². The molecule has 4 heterocycles. The third-order valence-corrected chi connectivity index (χ3v) is 6.52. The van der Waals surface area contributed by atoms with Gasteiger partial charge in [0.05, 0.1) is 24.3 Å². The van der Waals surface area contributed by atoms with Gasteiger partial charge in [0.15, 0.2) is 0 Å². The van der Waals surface area contributed by atoms with E-state index in [2.05, 4.69) is 21.1 Å². The average molecular weight is 395 g/mol. The Morgan fingerprint density at radius 3 is 3.00 bits per heavy atom.